The molecule has 2 aromatic rings. The number of hydrogen-bond donors (Lipinski definition) is 2. The van der Waals surface area contributed by atoms with Crippen LogP contribution in [-0.2, 0) is 5.41 Å². The average molecular weight is 461 g/mol. The zero-order chi connectivity index (χ0) is 21.6. The summed E-state index contributed by atoms with van der Waals surface area (Å²) in [6.45, 7) is 6.96. The highest BCUT2D eigenvalue weighted by atomic mass is 35.5. The van der Waals surface area contributed by atoms with Gasteiger partial charge in [-0.05, 0) is 35.4 Å². The average Bonchev–Trinajstić information content (AvgIpc) is 2.71. The number of aliphatic hydroxyl groups is 1. The summed E-state index contributed by atoms with van der Waals surface area (Å²) in [4.78, 5) is 0. The van der Waals surface area contributed by atoms with Gasteiger partial charge in [-0.3, -0.25) is 0 Å². The molecule has 0 aromatic heterocycles. The molecule has 160 valence electrons. The number of alkyl halides is 1. The summed E-state index contributed by atoms with van der Waals surface area (Å²) in [7, 11) is 0. The zero-order valence-corrected chi connectivity index (χ0v) is 19.2. The van der Waals surface area contributed by atoms with Crippen molar-refractivity contribution in [2.24, 2.45) is 11.7 Å². The number of rotatable bonds is 10. The molecule has 0 spiro atoms. The summed E-state index contributed by atoms with van der Waals surface area (Å²) in [5.41, 5.74) is 7.09. The lowest BCUT2D eigenvalue weighted by molar-refractivity contribution is 0.114. The van der Waals surface area contributed by atoms with Crippen molar-refractivity contribution in [3.05, 3.63) is 57.6 Å². The Morgan fingerprint density at radius 1 is 1.00 bits per heavy atom. The summed E-state index contributed by atoms with van der Waals surface area (Å²) in [5, 5.41) is 10.5. The highest BCUT2D eigenvalue weighted by Gasteiger charge is 2.26. The van der Waals surface area contributed by atoms with Crippen molar-refractivity contribution in [1.82, 2.24) is 0 Å². The van der Waals surface area contributed by atoms with Gasteiger partial charge < -0.3 is 20.3 Å². The Labute approximate surface area is 187 Å². The first kappa shape index (κ1) is 24.1. The maximum atomic E-state index is 9.52. The number of halogens is 3. The first-order valence-electron chi connectivity index (χ1n) is 9.48. The van der Waals surface area contributed by atoms with E-state index in [4.69, 9.17) is 50.0 Å². The maximum Gasteiger partial charge on any atom is 0.156 e. The largest absolute Gasteiger partial charge is 0.491 e. The summed E-state index contributed by atoms with van der Waals surface area (Å²) in [6.07, 6.45) is -0.677. The van der Waals surface area contributed by atoms with Crippen molar-refractivity contribution in [2.75, 3.05) is 25.6 Å². The molecule has 2 atom stereocenters. The lowest BCUT2D eigenvalue weighted by Crippen LogP contribution is -2.26. The molecule has 4 nitrogen and oxygen atoms in total. The minimum atomic E-state index is -0.677. The Bertz CT molecular complexity index is 773. The summed E-state index contributed by atoms with van der Waals surface area (Å²) in [6, 6.07) is 11.5. The van der Waals surface area contributed by atoms with Gasteiger partial charge in [0.25, 0.3) is 0 Å². The fourth-order valence-corrected chi connectivity index (χ4v) is 3.41. The molecule has 0 saturated heterocycles. The van der Waals surface area contributed by atoms with Crippen molar-refractivity contribution >= 4 is 34.8 Å². The van der Waals surface area contributed by atoms with Crippen LogP contribution < -0.4 is 15.2 Å². The van der Waals surface area contributed by atoms with E-state index in [0.29, 0.717) is 34.0 Å². The van der Waals surface area contributed by atoms with E-state index in [1.165, 1.54) is 0 Å². The Balaban J connectivity index is 2.19. The topological polar surface area (TPSA) is 64.7 Å². The smallest absolute Gasteiger partial charge is 0.156 e. The van der Waals surface area contributed by atoms with E-state index in [9.17, 15) is 5.11 Å². The van der Waals surface area contributed by atoms with Crippen molar-refractivity contribution in [3.63, 3.8) is 0 Å². The van der Waals surface area contributed by atoms with Gasteiger partial charge in [0.05, 0.1) is 16.7 Å². The Hall–Kier alpha value is -1.17. The van der Waals surface area contributed by atoms with Crippen molar-refractivity contribution < 1.29 is 14.6 Å². The maximum absolute atomic E-state index is 9.52. The fraction of sp³-hybridized carbons (Fsp3) is 0.455. The van der Waals surface area contributed by atoms with Gasteiger partial charge in [-0.1, -0.05) is 56.1 Å². The van der Waals surface area contributed by atoms with Gasteiger partial charge in [0.1, 0.15) is 18.5 Å². The minimum Gasteiger partial charge on any atom is -0.491 e. The standard InChI is InChI=1S/C22H28Cl3NO3/c1-14(10-23)12-29-21-19(24)8-16(9-20(21)25)22(2,3)15-4-6-18(7-5-15)28-13-17(27)11-26/h4-9,14,17,27H,10-13,26H2,1-3H3/t14-,17+/m0/s1. The van der Waals surface area contributed by atoms with Gasteiger partial charge in [-0.25, -0.2) is 0 Å². The van der Waals surface area contributed by atoms with Crippen LogP contribution >= 0.6 is 34.8 Å². The van der Waals surface area contributed by atoms with Crippen LogP contribution in [0.4, 0.5) is 0 Å². The van der Waals surface area contributed by atoms with E-state index >= 15 is 0 Å². The SMILES string of the molecule is C[C@@H](CCl)COc1c(Cl)cc(C(C)(C)c2ccc(OC[C@H](O)CN)cc2)cc1Cl. The second-order valence-corrected chi connectivity index (χ2v) is 8.81. The van der Waals surface area contributed by atoms with Crippen LogP contribution in [-0.4, -0.2) is 36.8 Å². The molecular formula is C22H28Cl3NO3. The van der Waals surface area contributed by atoms with Gasteiger partial charge in [0.2, 0.25) is 0 Å². The van der Waals surface area contributed by atoms with Crippen LogP contribution in [0.15, 0.2) is 36.4 Å². The molecule has 0 aliphatic heterocycles. The van der Waals surface area contributed by atoms with E-state index in [0.717, 1.165) is 11.1 Å². The van der Waals surface area contributed by atoms with E-state index in [2.05, 4.69) is 13.8 Å². The minimum absolute atomic E-state index is 0.161. The zero-order valence-electron chi connectivity index (χ0n) is 16.9. The highest BCUT2D eigenvalue weighted by Crippen LogP contribution is 2.40. The van der Waals surface area contributed by atoms with Crippen molar-refractivity contribution in [3.8, 4) is 11.5 Å². The summed E-state index contributed by atoms with van der Waals surface area (Å²) in [5.74, 6) is 1.86. The van der Waals surface area contributed by atoms with E-state index in [1.807, 2.05) is 43.3 Å². The fourth-order valence-electron chi connectivity index (χ4n) is 2.72. The van der Waals surface area contributed by atoms with Crippen LogP contribution in [0.1, 0.15) is 31.9 Å². The predicted molar refractivity (Wildman–Crippen MR) is 121 cm³/mol. The molecule has 2 aromatic carbocycles. The molecule has 0 aliphatic carbocycles. The monoisotopic (exact) mass is 459 g/mol. The van der Waals surface area contributed by atoms with Crippen LogP contribution in [0.5, 0.6) is 11.5 Å². The second kappa shape index (κ2) is 10.7. The highest BCUT2D eigenvalue weighted by molar-refractivity contribution is 6.37. The third-order valence-electron chi connectivity index (χ3n) is 4.79. The number of nitrogens with two attached hydrogens (primary N) is 1. The molecular weight excluding hydrogens is 433 g/mol. The number of ether oxygens (including phenoxy) is 2. The van der Waals surface area contributed by atoms with Gasteiger partial charge in [-0.15, -0.1) is 11.6 Å². The van der Waals surface area contributed by atoms with E-state index in [-0.39, 0.29) is 24.5 Å². The summed E-state index contributed by atoms with van der Waals surface area (Å²) >= 11 is 18.8. The van der Waals surface area contributed by atoms with Crippen molar-refractivity contribution in [2.45, 2.75) is 32.3 Å². The van der Waals surface area contributed by atoms with Crippen LogP contribution in [0.25, 0.3) is 0 Å². The third-order valence-corrected chi connectivity index (χ3v) is 5.87. The Kier molecular flexibility index (Phi) is 8.92. The Morgan fingerprint density at radius 3 is 2.10 bits per heavy atom. The van der Waals surface area contributed by atoms with Gasteiger partial charge >= 0.3 is 0 Å². The number of hydrogen-bond acceptors (Lipinski definition) is 4. The van der Waals surface area contributed by atoms with Gasteiger partial charge in [0.15, 0.2) is 5.75 Å². The molecule has 2 rings (SSSR count). The lowest BCUT2D eigenvalue weighted by Gasteiger charge is -2.27. The Morgan fingerprint density at radius 2 is 1.59 bits per heavy atom. The molecule has 29 heavy (non-hydrogen) atoms. The van der Waals surface area contributed by atoms with Crippen LogP contribution in [0, 0.1) is 5.92 Å². The molecule has 0 amide bonds. The number of aliphatic hydroxyl groups excluding tert-OH is 1. The van der Waals surface area contributed by atoms with Gasteiger partial charge in [-0.2, -0.15) is 0 Å². The second-order valence-electron chi connectivity index (χ2n) is 7.69. The quantitative estimate of drug-likeness (QED) is 0.474. The first-order valence-corrected chi connectivity index (χ1v) is 10.8. The molecule has 0 aliphatic rings. The van der Waals surface area contributed by atoms with E-state index < -0.39 is 6.10 Å². The van der Waals surface area contributed by atoms with Crippen LogP contribution in [0.3, 0.4) is 0 Å². The molecule has 0 unspecified atom stereocenters. The molecule has 3 N–H and O–H groups in total. The molecule has 0 saturated carbocycles. The normalized spacial score (nSPS) is 13.8. The molecule has 7 heteroatoms. The molecule has 0 fully saturated rings. The van der Waals surface area contributed by atoms with E-state index in [1.54, 1.807) is 0 Å². The number of benzene rings is 2. The first-order chi connectivity index (χ1) is 13.7. The molecule has 0 bridgehead atoms. The third kappa shape index (κ3) is 6.40. The molecule has 0 radical (unpaired) electrons. The molecule has 0 heterocycles. The van der Waals surface area contributed by atoms with Crippen LogP contribution in [0.2, 0.25) is 10.0 Å². The lowest BCUT2D eigenvalue weighted by atomic mass is 9.78. The van der Waals surface area contributed by atoms with Gasteiger partial charge in [0, 0.05) is 23.8 Å². The predicted octanol–water partition coefficient (Wildman–Crippen LogP) is 5.27. The van der Waals surface area contributed by atoms with Crippen molar-refractivity contribution in [1.29, 1.82) is 0 Å². The summed E-state index contributed by atoms with van der Waals surface area (Å²) < 4.78 is 11.3.